The molecule has 0 unspecified atom stereocenters. The number of rotatable bonds is 1. The van der Waals surface area contributed by atoms with Crippen LogP contribution in [-0.4, -0.2) is 23.4 Å². The van der Waals surface area contributed by atoms with Crippen molar-refractivity contribution in [3.05, 3.63) is 23.3 Å². The summed E-state index contributed by atoms with van der Waals surface area (Å²) < 4.78 is 5.34. The molecule has 0 spiro atoms. The summed E-state index contributed by atoms with van der Waals surface area (Å²) in [6.07, 6.45) is 5.47. The highest BCUT2D eigenvalue weighted by atomic mass is 16.5. The highest BCUT2D eigenvalue weighted by molar-refractivity contribution is 5.49. The Morgan fingerprint density at radius 1 is 1.26 bits per heavy atom. The Labute approximate surface area is 138 Å². The Bertz CT molecular complexity index is 626. The van der Waals surface area contributed by atoms with Crippen molar-refractivity contribution in [2.45, 2.75) is 58.0 Å². The largest absolute Gasteiger partial charge is 0.504 e. The predicted octanol–water partition coefficient (Wildman–Crippen LogP) is 3.86. The van der Waals surface area contributed by atoms with Crippen molar-refractivity contribution < 1.29 is 14.9 Å². The summed E-state index contributed by atoms with van der Waals surface area (Å²) >= 11 is 0. The van der Waals surface area contributed by atoms with Crippen molar-refractivity contribution in [3.63, 3.8) is 0 Å². The van der Waals surface area contributed by atoms with Crippen molar-refractivity contribution >= 4 is 0 Å². The van der Waals surface area contributed by atoms with Crippen LogP contribution in [0.25, 0.3) is 0 Å². The lowest BCUT2D eigenvalue weighted by atomic mass is 9.55. The minimum atomic E-state index is -0.149. The first-order valence-corrected chi connectivity index (χ1v) is 9.03. The molecule has 0 amide bonds. The topological polar surface area (TPSA) is 49.7 Å². The Kier molecular flexibility index (Phi) is 3.42. The van der Waals surface area contributed by atoms with E-state index in [-0.39, 0.29) is 17.3 Å². The molecule has 0 aromatic heterocycles. The maximum Gasteiger partial charge on any atom is 0.160 e. The third-order valence-corrected chi connectivity index (χ3v) is 7.30. The Balaban J connectivity index is 1.72. The summed E-state index contributed by atoms with van der Waals surface area (Å²) in [4.78, 5) is 0. The van der Waals surface area contributed by atoms with Gasteiger partial charge in [0.2, 0.25) is 0 Å². The van der Waals surface area contributed by atoms with Crippen molar-refractivity contribution in [2.24, 2.45) is 23.2 Å². The maximum atomic E-state index is 10.7. The number of phenolic OH excluding ortho intramolecular Hbond substituents is 1. The molecule has 4 rings (SSSR count). The summed E-state index contributed by atoms with van der Waals surface area (Å²) in [5.41, 5.74) is 2.77. The van der Waals surface area contributed by atoms with E-state index in [4.69, 9.17) is 4.74 Å². The van der Waals surface area contributed by atoms with Gasteiger partial charge in [-0.15, -0.1) is 0 Å². The standard InChI is InChI=1S/C20H28O3/c1-11-8-16-14-5-4-12-9-17(21)18(23-3)10-15(12)13(14)6-7-20(16,2)19(11)22/h9-11,13-14,16,19,21-22H,4-8H2,1-3H3/t11-,13-,14+,16-,19-,20-/m0/s1. The average molecular weight is 316 g/mol. The number of ether oxygens (including phenoxy) is 1. The van der Waals surface area contributed by atoms with Gasteiger partial charge in [0.25, 0.3) is 0 Å². The molecule has 1 aromatic carbocycles. The Morgan fingerprint density at radius 2 is 2.04 bits per heavy atom. The minimum absolute atomic E-state index is 0.0963. The van der Waals surface area contributed by atoms with Crippen LogP contribution in [0.4, 0.5) is 0 Å². The number of benzene rings is 1. The number of hydrogen-bond acceptors (Lipinski definition) is 3. The molecule has 0 aliphatic heterocycles. The van der Waals surface area contributed by atoms with Crippen molar-refractivity contribution in [1.29, 1.82) is 0 Å². The van der Waals surface area contributed by atoms with E-state index in [9.17, 15) is 10.2 Å². The first-order valence-electron chi connectivity index (χ1n) is 9.03. The zero-order valence-corrected chi connectivity index (χ0v) is 14.4. The van der Waals surface area contributed by atoms with Crippen molar-refractivity contribution in [1.82, 2.24) is 0 Å². The Morgan fingerprint density at radius 3 is 2.78 bits per heavy atom. The summed E-state index contributed by atoms with van der Waals surface area (Å²) in [6, 6.07) is 3.98. The molecule has 3 aliphatic rings. The summed E-state index contributed by atoms with van der Waals surface area (Å²) in [6.45, 7) is 4.52. The fourth-order valence-corrected chi connectivity index (χ4v) is 6.09. The quantitative estimate of drug-likeness (QED) is 0.827. The number of aromatic hydroxyl groups is 1. The minimum Gasteiger partial charge on any atom is -0.504 e. The molecule has 2 fully saturated rings. The van der Waals surface area contributed by atoms with Crippen LogP contribution in [0.3, 0.4) is 0 Å². The normalized spacial score (nSPS) is 41.8. The zero-order valence-electron chi connectivity index (χ0n) is 14.4. The SMILES string of the molecule is COc1cc2c(cc1O)CC[C@@H]1[C@@H]2CC[C@]2(C)[C@@H](O)[C@@H](C)C[C@@H]12. The van der Waals surface area contributed by atoms with Gasteiger partial charge in [-0.3, -0.25) is 0 Å². The number of aliphatic hydroxyl groups is 1. The molecule has 3 heteroatoms. The predicted molar refractivity (Wildman–Crippen MR) is 89.8 cm³/mol. The second kappa shape index (κ2) is 5.14. The van der Waals surface area contributed by atoms with E-state index in [1.807, 2.05) is 6.07 Å². The highest BCUT2D eigenvalue weighted by Gasteiger charge is 2.56. The maximum absolute atomic E-state index is 10.7. The zero-order chi connectivity index (χ0) is 16.4. The van der Waals surface area contributed by atoms with Crippen LogP contribution < -0.4 is 4.74 Å². The molecule has 126 valence electrons. The molecule has 0 radical (unpaired) electrons. The van der Waals surface area contributed by atoms with E-state index in [1.165, 1.54) is 17.5 Å². The molecule has 23 heavy (non-hydrogen) atoms. The lowest BCUT2D eigenvalue weighted by Crippen LogP contribution is -2.44. The number of aliphatic hydroxyl groups excluding tert-OH is 1. The van der Waals surface area contributed by atoms with Gasteiger partial charge in [-0.25, -0.2) is 0 Å². The van der Waals surface area contributed by atoms with Crippen molar-refractivity contribution in [3.8, 4) is 11.5 Å². The molecule has 3 aliphatic carbocycles. The van der Waals surface area contributed by atoms with Gasteiger partial charge in [-0.2, -0.15) is 0 Å². The average Bonchev–Trinajstić information content (AvgIpc) is 2.77. The van der Waals surface area contributed by atoms with Crippen LogP contribution in [0.5, 0.6) is 11.5 Å². The molecule has 1 aromatic rings. The van der Waals surface area contributed by atoms with Gasteiger partial charge >= 0.3 is 0 Å². The molecule has 2 N–H and O–H groups in total. The highest BCUT2D eigenvalue weighted by Crippen LogP contribution is 2.62. The molecule has 0 heterocycles. The number of aryl methyl sites for hydroxylation is 1. The van der Waals surface area contributed by atoms with Crippen LogP contribution in [-0.2, 0) is 6.42 Å². The molecular weight excluding hydrogens is 288 g/mol. The molecular formula is C20H28O3. The molecule has 0 saturated heterocycles. The molecule has 2 saturated carbocycles. The molecule has 6 atom stereocenters. The van der Waals surface area contributed by atoms with E-state index in [2.05, 4.69) is 19.9 Å². The third-order valence-electron chi connectivity index (χ3n) is 7.30. The van der Waals surface area contributed by atoms with Crippen LogP contribution in [0.2, 0.25) is 0 Å². The lowest BCUT2D eigenvalue weighted by Gasteiger charge is -2.50. The van der Waals surface area contributed by atoms with Gasteiger partial charge in [-0.05, 0) is 84.5 Å². The van der Waals surface area contributed by atoms with Crippen molar-refractivity contribution in [2.75, 3.05) is 7.11 Å². The van der Waals surface area contributed by atoms with Crippen LogP contribution in [0.15, 0.2) is 12.1 Å². The smallest absolute Gasteiger partial charge is 0.160 e. The monoisotopic (exact) mass is 316 g/mol. The van der Waals surface area contributed by atoms with E-state index < -0.39 is 0 Å². The van der Waals surface area contributed by atoms with Gasteiger partial charge < -0.3 is 14.9 Å². The number of fused-ring (bicyclic) bond motifs is 5. The van der Waals surface area contributed by atoms with Gasteiger partial charge in [0, 0.05) is 0 Å². The van der Waals surface area contributed by atoms with Gasteiger partial charge in [0.05, 0.1) is 13.2 Å². The number of hydrogen-bond donors (Lipinski definition) is 2. The number of methoxy groups -OCH3 is 1. The van der Waals surface area contributed by atoms with E-state index in [0.717, 1.165) is 25.7 Å². The second-order valence-corrected chi connectivity index (χ2v) is 8.34. The summed E-state index contributed by atoms with van der Waals surface area (Å²) in [7, 11) is 1.62. The van der Waals surface area contributed by atoms with Gasteiger partial charge in [0.1, 0.15) is 0 Å². The van der Waals surface area contributed by atoms with E-state index in [1.54, 1.807) is 7.11 Å². The number of phenols is 1. The Hall–Kier alpha value is -1.22. The van der Waals surface area contributed by atoms with E-state index in [0.29, 0.717) is 29.4 Å². The first kappa shape index (κ1) is 15.3. The first-order chi connectivity index (χ1) is 11.0. The van der Waals surface area contributed by atoms with Crippen LogP contribution >= 0.6 is 0 Å². The third kappa shape index (κ3) is 2.05. The summed E-state index contributed by atoms with van der Waals surface area (Å²) in [5.74, 6) is 3.12. The van der Waals surface area contributed by atoms with Crippen LogP contribution in [0, 0.1) is 23.2 Å². The lowest BCUT2D eigenvalue weighted by molar-refractivity contribution is -0.0309. The fraction of sp³-hybridized carbons (Fsp3) is 0.700. The summed E-state index contributed by atoms with van der Waals surface area (Å²) in [5, 5.41) is 20.8. The van der Waals surface area contributed by atoms with Crippen LogP contribution in [0.1, 0.15) is 56.6 Å². The van der Waals surface area contributed by atoms with Gasteiger partial charge in [-0.1, -0.05) is 13.8 Å². The molecule has 0 bridgehead atoms. The van der Waals surface area contributed by atoms with E-state index >= 15 is 0 Å². The van der Waals surface area contributed by atoms with Gasteiger partial charge in [0.15, 0.2) is 11.5 Å². The second-order valence-electron chi connectivity index (χ2n) is 8.34. The molecule has 3 nitrogen and oxygen atoms in total. The fourth-order valence-electron chi connectivity index (χ4n) is 6.09.